The second kappa shape index (κ2) is 9.52. The third-order valence-corrected chi connectivity index (χ3v) is 6.32. The number of piperidine rings is 1. The van der Waals surface area contributed by atoms with Gasteiger partial charge in [-0.25, -0.2) is 0 Å². The van der Waals surface area contributed by atoms with Gasteiger partial charge in [-0.2, -0.15) is 0 Å². The molecule has 31 heavy (non-hydrogen) atoms. The maximum Gasteiger partial charge on any atom is 0.251 e. The van der Waals surface area contributed by atoms with Crippen LogP contribution in [0.1, 0.15) is 41.6 Å². The quantitative estimate of drug-likeness (QED) is 0.699. The van der Waals surface area contributed by atoms with E-state index in [1.807, 2.05) is 31.3 Å². The highest BCUT2D eigenvalue weighted by Gasteiger charge is 2.37. The zero-order chi connectivity index (χ0) is 21.8. The van der Waals surface area contributed by atoms with Crippen LogP contribution >= 0.6 is 0 Å². The minimum atomic E-state index is -0.0878. The number of nitrogens with one attached hydrogen (secondary N) is 1. The minimum Gasteiger partial charge on any atom is -0.358 e. The predicted octanol–water partition coefficient (Wildman–Crippen LogP) is 3.27. The molecule has 0 unspecified atom stereocenters. The van der Waals surface area contributed by atoms with Crippen LogP contribution in [0, 0.1) is 0 Å². The molecule has 6 nitrogen and oxygen atoms in total. The highest BCUT2D eigenvalue weighted by atomic mass is 16.2. The van der Waals surface area contributed by atoms with Gasteiger partial charge in [0, 0.05) is 32.2 Å². The Hall–Kier alpha value is -2.86. The van der Waals surface area contributed by atoms with Gasteiger partial charge in [-0.3, -0.25) is 9.59 Å². The van der Waals surface area contributed by atoms with E-state index in [9.17, 15) is 9.59 Å². The van der Waals surface area contributed by atoms with E-state index in [0.717, 1.165) is 56.7 Å². The van der Waals surface area contributed by atoms with E-state index in [1.165, 1.54) is 5.56 Å². The number of nitrogens with zero attached hydrogens (tertiary/aromatic N) is 3. The van der Waals surface area contributed by atoms with Crippen molar-refractivity contribution in [1.82, 2.24) is 10.2 Å². The van der Waals surface area contributed by atoms with Crippen molar-refractivity contribution < 1.29 is 9.59 Å². The highest BCUT2D eigenvalue weighted by Crippen LogP contribution is 2.39. The molecule has 2 aliphatic heterocycles. The van der Waals surface area contributed by atoms with Gasteiger partial charge in [-0.15, -0.1) is 0 Å². The summed E-state index contributed by atoms with van der Waals surface area (Å²) in [6, 6.07) is 16.1. The smallest absolute Gasteiger partial charge is 0.251 e. The van der Waals surface area contributed by atoms with Crippen LogP contribution in [0.2, 0.25) is 0 Å². The van der Waals surface area contributed by atoms with Gasteiger partial charge < -0.3 is 20.0 Å². The first-order chi connectivity index (χ1) is 15.0. The second-order valence-corrected chi connectivity index (χ2v) is 8.64. The Morgan fingerprint density at radius 3 is 2.74 bits per heavy atom. The number of benzene rings is 2. The third kappa shape index (κ3) is 4.74. The van der Waals surface area contributed by atoms with Gasteiger partial charge in [0.1, 0.15) is 6.04 Å². The first-order valence-electron chi connectivity index (χ1n) is 11.2. The van der Waals surface area contributed by atoms with Crippen LogP contribution in [-0.2, 0) is 11.3 Å². The van der Waals surface area contributed by atoms with Crippen molar-refractivity contribution in [2.24, 2.45) is 0 Å². The highest BCUT2D eigenvalue weighted by molar-refractivity contribution is 6.07. The standard InChI is InChI=1S/C25H32N4O2/c1-27(18-19-9-4-3-5-10-19)15-8-14-26-24(30)20-12-13-21-23(17-20)28(2)25(31)22-11-6-7-16-29(21)22/h3-5,9-10,12-13,17,22H,6-8,11,14-16,18H2,1-2H3,(H,26,30)/t22-/m1/s1. The van der Waals surface area contributed by atoms with Crippen molar-refractivity contribution in [1.29, 1.82) is 0 Å². The zero-order valence-corrected chi connectivity index (χ0v) is 18.5. The normalized spacial score (nSPS) is 18.0. The molecular weight excluding hydrogens is 388 g/mol. The summed E-state index contributed by atoms with van der Waals surface area (Å²) in [7, 11) is 3.91. The SMILES string of the molecule is CN(CCCNC(=O)c1ccc2c(c1)N(C)C(=O)[C@H]1CCCCN21)Cc1ccccc1. The number of fused-ring (bicyclic) bond motifs is 3. The maximum absolute atomic E-state index is 12.8. The lowest BCUT2D eigenvalue weighted by atomic mass is 9.96. The Balaban J connectivity index is 1.32. The van der Waals surface area contributed by atoms with Gasteiger partial charge in [-0.05, 0) is 63.0 Å². The van der Waals surface area contributed by atoms with Crippen LogP contribution in [0.25, 0.3) is 0 Å². The van der Waals surface area contributed by atoms with Crippen molar-refractivity contribution in [2.75, 3.05) is 43.5 Å². The molecule has 6 heteroatoms. The summed E-state index contributed by atoms with van der Waals surface area (Å²) in [4.78, 5) is 31.7. The second-order valence-electron chi connectivity index (χ2n) is 8.64. The lowest BCUT2D eigenvalue weighted by Gasteiger charge is -2.44. The number of likely N-dealkylation sites (N-methyl/N-ethyl adjacent to an activating group) is 1. The van der Waals surface area contributed by atoms with Crippen LogP contribution < -0.4 is 15.1 Å². The van der Waals surface area contributed by atoms with Gasteiger partial charge in [0.2, 0.25) is 5.91 Å². The largest absolute Gasteiger partial charge is 0.358 e. The van der Waals surface area contributed by atoms with Crippen LogP contribution in [0.4, 0.5) is 11.4 Å². The topological polar surface area (TPSA) is 55.9 Å². The molecule has 2 aliphatic rings. The fourth-order valence-corrected chi connectivity index (χ4v) is 4.62. The molecule has 1 fully saturated rings. The molecule has 0 aliphatic carbocycles. The average Bonchev–Trinajstić information content (AvgIpc) is 2.80. The van der Waals surface area contributed by atoms with Crippen molar-refractivity contribution in [3.63, 3.8) is 0 Å². The summed E-state index contributed by atoms with van der Waals surface area (Å²) in [6.45, 7) is 3.34. The summed E-state index contributed by atoms with van der Waals surface area (Å²) in [6.07, 6.45) is 3.99. The van der Waals surface area contributed by atoms with Gasteiger partial charge in [-0.1, -0.05) is 30.3 Å². The molecule has 0 spiro atoms. The molecule has 0 aromatic heterocycles. The molecule has 164 valence electrons. The maximum atomic E-state index is 12.8. The van der Waals surface area contributed by atoms with Crippen molar-refractivity contribution in [3.05, 3.63) is 59.7 Å². The van der Waals surface area contributed by atoms with E-state index in [4.69, 9.17) is 0 Å². The number of hydrogen-bond donors (Lipinski definition) is 1. The average molecular weight is 421 g/mol. The Kier molecular flexibility index (Phi) is 6.56. The molecule has 0 saturated carbocycles. The zero-order valence-electron chi connectivity index (χ0n) is 18.5. The molecule has 1 N–H and O–H groups in total. The monoisotopic (exact) mass is 420 g/mol. The van der Waals surface area contributed by atoms with Crippen molar-refractivity contribution >= 4 is 23.2 Å². The van der Waals surface area contributed by atoms with Crippen molar-refractivity contribution in [3.8, 4) is 0 Å². The molecule has 4 rings (SSSR count). The molecule has 1 atom stereocenters. The van der Waals surface area contributed by atoms with E-state index < -0.39 is 0 Å². The molecule has 2 heterocycles. The molecule has 2 aromatic rings. The first-order valence-corrected chi connectivity index (χ1v) is 11.2. The fraction of sp³-hybridized carbons (Fsp3) is 0.440. The molecular formula is C25H32N4O2. The predicted molar refractivity (Wildman–Crippen MR) is 125 cm³/mol. The number of hydrogen-bond acceptors (Lipinski definition) is 4. The lowest BCUT2D eigenvalue weighted by Crippen LogP contribution is -2.54. The molecule has 1 saturated heterocycles. The van der Waals surface area contributed by atoms with Gasteiger partial charge in [0.15, 0.2) is 0 Å². The Labute approximate surface area is 184 Å². The van der Waals surface area contributed by atoms with E-state index in [0.29, 0.717) is 12.1 Å². The molecule has 2 aromatic carbocycles. The summed E-state index contributed by atoms with van der Waals surface area (Å²) in [5.41, 5.74) is 3.79. The summed E-state index contributed by atoms with van der Waals surface area (Å²) >= 11 is 0. The first kappa shape index (κ1) is 21.4. The molecule has 0 bridgehead atoms. The number of rotatable bonds is 7. The summed E-state index contributed by atoms with van der Waals surface area (Å²) in [5.74, 6) is 0.0429. The van der Waals surface area contributed by atoms with Crippen LogP contribution in [0.15, 0.2) is 48.5 Å². The number of carbonyl (C=O) groups is 2. The number of carbonyl (C=O) groups excluding carboxylic acids is 2. The molecule has 0 radical (unpaired) electrons. The fourth-order valence-electron chi connectivity index (χ4n) is 4.62. The van der Waals surface area contributed by atoms with Gasteiger partial charge in [0.25, 0.3) is 5.91 Å². The molecule has 2 amide bonds. The Morgan fingerprint density at radius 1 is 1.13 bits per heavy atom. The van der Waals surface area contributed by atoms with Gasteiger partial charge >= 0.3 is 0 Å². The van der Waals surface area contributed by atoms with E-state index in [1.54, 1.807) is 4.90 Å². The lowest BCUT2D eigenvalue weighted by molar-refractivity contribution is -0.120. The van der Waals surface area contributed by atoms with Crippen molar-refractivity contribution in [2.45, 2.75) is 38.3 Å². The number of amides is 2. The van der Waals surface area contributed by atoms with E-state index in [2.05, 4.69) is 46.4 Å². The third-order valence-electron chi connectivity index (χ3n) is 6.32. The minimum absolute atomic E-state index is 0.0567. The van der Waals surface area contributed by atoms with E-state index >= 15 is 0 Å². The Bertz CT molecular complexity index is 930. The Morgan fingerprint density at radius 2 is 1.94 bits per heavy atom. The summed E-state index contributed by atoms with van der Waals surface area (Å²) < 4.78 is 0. The van der Waals surface area contributed by atoms with Crippen LogP contribution in [0.5, 0.6) is 0 Å². The summed E-state index contributed by atoms with van der Waals surface area (Å²) in [5, 5.41) is 3.02. The van der Waals surface area contributed by atoms with Crippen LogP contribution in [-0.4, -0.2) is 56.5 Å². The van der Waals surface area contributed by atoms with Gasteiger partial charge in [0.05, 0.1) is 11.4 Å². The number of anilines is 2. The van der Waals surface area contributed by atoms with E-state index in [-0.39, 0.29) is 17.9 Å². The van der Waals surface area contributed by atoms with Crippen LogP contribution in [0.3, 0.4) is 0 Å².